The van der Waals surface area contributed by atoms with Crippen LogP contribution in [0.15, 0.2) is 17.2 Å². The third kappa shape index (κ3) is 3.28. The standard InChI is InChI=1S/C8H12F2N4O/c9-6(10)5-14(4-1-11)7-8(15)13-3-2-12-7/h2-3,6H,1,4-5,11H2,(H,13,15). The minimum absolute atomic E-state index is 0.0248. The summed E-state index contributed by atoms with van der Waals surface area (Å²) in [7, 11) is 0. The van der Waals surface area contributed by atoms with Crippen molar-refractivity contribution >= 4 is 5.82 Å². The number of nitrogens with zero attached hydrogens (tertiary/aromatic N) is 2. The van der Waals surface area contributed by atoms with Crippen molar-refractivity contribution in [2.24, 2.45) is 5.73 Å². The smallest absolute Gasteiger partial charge is 0.290 e. The Hall–Kier alpha value is -1.50. The maximum Gasteiger partial charge on any atom is 0.290 e. The first-order valence-electron chi connectivity index (χ1n) is 4.42. The van der Waals surface area contributed by atoms with E-state index in [1.165, 1.54) is 17.3 Å². The summed E-state index contributed by atoms with van der Waals surface area (Å²) >= 11 is 0. The zero-order valence-electron chi connectivity index (χ0n) is 7.99. The second-order valence-corrected chi connectivity index (χ2v) is 2.87. The molecule has 84 valence electrons. The molecular weight excluding hydrogens is 206 g/mol. The van der Waals surface area contributed by atoms with Crippen molar-refractivity contribution in [2.45, 2.75) is 6.43 Å². The van der Waals surface area contributed by atoms with Gasteiger partial charge in [-0.05, 0) is 0 Å². The van der Waals surface area contributed by atoms with Crippen LogP contribution in [0, 0.1) is 0 Å². The zero-order valence-corrected chi connectivity index (χ0v) is 7.99. The highest BCUT2D eigenvalue weighted by molar-refractivity contribution is 5.35. The van der Waals surface area contributed by atoms with Crippen LogP contribution in [0.5, 0.6) is 0 Å². The van der Waals surface area contributed by atoms with Crippen molar-refractivity contribution < 1.29 is 8.78 Å². The van der Waals surface area contributed by atoms with Gasteiger partial charge >= 0.3 is 0 Å². The molecule has 0 atom stereocenters. The monoisotopic (exact) mass is 218 g/mol. The topological polar surface area (TPSA) is 75.0 Å². The fourth-order valence-corrected chi connectivity index (χ4v) is 1.18. The first-order chi connectivity index (χ1) is 7.15. The fourth-order valence-electron chi connectivity index (χ4n) is 1.18. The van der Waals surface area contributed by atoms with E-state index in [0.29, 0.717) is 0 Å². The maximum absolute atomic E-state index is 12.2. The second-order valence-electron chi connectivity index (χ2n) is 2.87. The minimum atomic E-state index is -2.53. The molecule has 0 fully saturated rings. The van der Waals surface area contributed by atoms with Gasteiger partial charge in [0.2, 0.25) is 0 Å². The maximum atomic E-state index is 12.2. The van der Waals surface area contributed by atoms with Gasteiger partial charge in [0.1, 0.15) is 0 Å². The average molecular weight is 218 g/mol. The van der Waals surface area contributed by atoms with Crippen LogP contribution >= 0.6 is 0 Å². The van der Waals surface area contributed by atoms with Crippen LogP contribution < -0.4 is 16.2 Å². The molecule has 1 aromatic heterocycles. The number of aromatic amines is 1. The molecule has 0 unspecified atom stereocenters. The largest absolute Gasteiger partial charge is 0.345 e. The lowest BCUT2D eigenvalue weighted by Gasteiger charge is -2.21. The molecule has 0 aliphatic rings. The van der Waals surface area contributed by atoms with Gasteiger partial charge in [0.25, 0.3) is 12.0 Å². The summed E-state index contributed by atoms with van der Waals surface area (Å²) in [6.07, 6.45) is 0.151. The van der Waals surface area contributed by atoms with Crippen molar-refractivity contribution in [1.29, 1.82) is 0 Å². The van der Waals surface area contributed by atoms with Gasteiger partial charge in [-0.1, -0.05) is 0 Å². The molecule has 0 aliphatic carbocycles. The molecule has 0 saturated heterocycles. The van der Waals surface area contributed by atoms with E-state index >= 15 is 0 Å². The van der Waals surface area contributed by atoms with Crippen LogP contribution in [0.2, 0.25) is 0 Å². The molecule has 0 aliphatic heterocycles. The Morgan fingerprint density at radius 2 is 2.33 bits per heavy atom. The van der Waals surface area contributed by atoms with E-state index < -0.39 is 18.5 Å². The average Bonchev–Trinajstić information content (AvgIpc) is 2.17. The normalized spacial score (nSPS) is 10.7. The zero-order chi connectivity index (χ0) is 11.3. The molecule has 7 heteroatoms. The number of H-pyrrole nitrogens is 1. The highest BCUT2D eigenvalue weighted by atomic mass is 19.3. The number of nitrogens with one attached hydrogen (secondary N) is 1. The van der Waals surface area contributed by atoms with Gasteiger partial charge in [-0.15, -0.1) is 0 Å². The molecule has 0 bridgehead atoms. The van der Waals surface area contributed by atoms with Crippen molar-refractivity contribution in [2.75, 3.05) is 24.5 Å². The van der Waals surface area contributed by atoms with Crippen LogP contribution in [-0.4, -0.2) is 36.0 Å². The van der Waals surface area contributed by atoms with E-state index in [0.717, 1.165) is 0 Å². The highest BCUT2D eigenvalue weighted by Gasteiger charge is 2.15. The predicted molar refractivity (Wildman–Crippen MR) is 52.1 cm³/mol. The Bertz CT molecular complexity index is 354. The lowest BCUT2D eigenvalue weighted by molar-refractivity contribution is 0.154. The summed E-state index contributed by atoms with van der Waals surface area (Å²) in [5.41, 5.74) is 4.77. The van der Waals surface area contributed by atoms with E-state index in [4.69, 9.17) is 5.73 Å². The number of anilines is 1. The van der Waals surface area contributed by atoms with Crippen molar-refractivity contribution in [3.63, 3.8) is 0 Å². The molecule has 5 nitrogen and oxygen atoms in total. The van der Waals surface area contributed by atoms with Crippen LogP contribution in [0.3, 0.4) is 0 Å². The van der Waals surface area contributed by atoms with Gasteiger partial charge in [0.05, 0.1) is 6.54 Å². The number of halogens is 2. The molecule has 1 aromatic rings. The number of nitrogens with two attached hydrogens (primary N) is 1. The third-order valence-electron chi connectivity index (χ3n) is 1.75. The molecular formula is C8H12F2N4O. The molecule has 1 rings (SSSR count). The third-order valence-corrected chi connectivity index (χ3v) is 1.75. The van der Waals surface area contributed by atoms with E-state index in [-0.39, 0.29) is 18.9 Å². The van der Waals surface area contributed by atoms with Crippen LogP contribution in [0.1, 0.15) is 0 Å². The summed E-state index contributed by atoms with van der Waals surface area (Å²) in [6, 6.07) is 0. The number of hydrogen-bond acceptors (Lipinski definition) is 4. The summed E-state index contributed by atoms with van der Waals surface area (Å²) in [4.78, 5) is 18.6. The molecule has 0 amide bonds. The molecule has 3 N–H and O–H groups in total. The first kappa shape index (κ1) is 11.6. The lowest BCUT2D eigenvalue weighted by atomic mass is 10.4. The number of rotatable bonds is 5. The highest BCUT2D eigenvalue weighted by Crippen LogP contribution is 2.05. The van der Waals surface area contributed by atoms with E-state index in [1.807, 2.05) is 0 Å². The van der Waals surface area contributed by atoms with Crippen LogP contribution in [0.25, 0.3) is 0 Å². The van der Waals surface area contributed by atoms with E-state index in [1.54, 1.807) is 0 Å². The molecule has 0 aromatic carbocycles. The number of aromatic nitrogens is 2. The van der Waals surface area contributed by atoms with Gasteiger partial charge < -0.3 is 15.6 Å². The fraction of sp³-hybridized carbons (Fsp3) is 0.500. The van der Waals surface area contributed by atoms with Crippen molar-refractivity contribution in [3.8, 4) is 0 Å². The summed E-state index contributed by atoms with van der Waals surface area (Å²) in [5.74, 6) is -0.0248. The summed E-state index contributed by atoms with van der Waals surface area (Å²) in [6.45, 7) is -0.190. The predicted octanol–water partition coefficient (Wildman–Crippen LogP) is -0.200. The Morgan fingerprint density at radius 3 is 2.87 bits per heavy atom. The van der Waals surface area contributed by atoms with Gasteiger partial charge in [-0.2, -0.15) is 0 Å². The Labute approximate surface area is 84.9 Å². The van der Waals surface area contributed by atoms with Crippen molar-refractivity contribution in [3.05, 3.63) is 22.7 Å². The molecule has 0 spiro atoms. The number of hydrogen-bond donors (Lipinski definition) is 2. The Balaban J connectivity index is 2.88. The Morgan fingerprint density at radius 1 is 1.60 bits per heavy atom. The van der Waals surface area contributed by atoms with Gasteiger partial charge in [0.15, 0.2) is 5.82 Å². The van der Waals surface area contributed by atoms with Gasteiger partial charge in [0, 0.05) is 25.5 Å². The first-order valence-corrected chi connectivity index (χ1v) is 4.42. The van der Waals surface area contributed by atoms with Gasteiger partial charge in [-0.25, -0.2) is 13.8 Å². The summed E-state index contributed by atoms with van der Waals surface area (Å²) in [5, 5.41) is 0. The molecule has 15 heavy (non-hydrogen) atoms. The lowest BCUT2D eigenvalue weighted by Crippen LogP contribution is -2.37. The minimum Gasteiger partial charge on any atom is -0.345 e. The van der Waals surface area contributed by atoms with Crippen LogP contribution in [0.4, 0.5) is 14.6 Å². The SMILES string of the molecule is NCCN(CC(F)F)c1ncc[nH]c1=O. The molecule has 0 saturated carbocycles. The summed E-state index contributed by atoms with van der Waals surface area (Å²) < 4.78 is 24.4. The van der Waals surface area contributed by atoms with Crippen LogP contribution in [-0.2, 0) is 0 Å². The quantitative estimate of drug-likeness (QED) is 0.717. The van der Waals surface area contributed by atoms with E-state index in [2.05, 4.69) is 9.97 Å². The second kappa shape index (κ2) is 5.40. The Kier molecular flexibility index (Phi) is 4.17. The van der Waals surface area contributed by atoms with E-state index in [9.17, 15) is 13.6 Å². The molecule has 1 heterocycles. The molecule has 0 radical (unpaired) electrons. The van der Waals surface area contributed by atoms with Crippen molar-refractivity contribution in [1.82, 2.24) is 9.97 Å². The number of alkyl halides is 2. The van der Waals surface area contributed by atoms with Gasteiger partial charge in [-0.3, -0.25) is 4.79 Å².